The van der Waals surface area contributed by atoms with E-state index in [1.165, 1.54) is 11.1 Å². The number of benzene rings is 2. The molecule has 0 aliphatic carbocycles. The molecule has 0 amide bonds. The lowest BCUT2D eigenvalue weighted by atomic mass is 10.2. The summed E-state index contributed by atoms with van der Waals surface area (Å²) in [5, 5.41) is 15.6. The predicted octanol–water partition coefficient (Wildman–Crippen LogP) is 3.33. The molecule has 1 heterocycles. The molecule has 0 spiro atoms. The Bertz CT molecular complexity index is 789. The average Bonchev–Trinajstić information content (AvgIpc) is 2.72. The highest BCUT2D eigenvalue weighted by molar-refractivity contribution is 6.30. The Morgan fingerprint density at radius 3 is 1.97 bits per heavy atom. The van der Waals surface area contributed by atoms with E-state index in [1.54, 1.807) is 0 Å². The van der Waals surface area contributed by atoms with Crippen molar-refractivity contribution in [3.05, 3.63) is 76.8 Å². The van der Waals surface area contributed by atoms with Crippen LogP contribution in [0.4, 0.5) is 0 Å². The molecule has 0 unspecified atom stereocenters. The first-order valence-corrected chi connectivity index (χ1v) is 9.69. The lowest BCUT2D eigenvalue weighted by Gasteiger charge is -2.34. The molecule has 1 saturated heterocycles. The van der Waals surface area contributed by atoms with Gasteiger partial charge in [0, 0.05) is 44.3 Å². The van der Waals surface area contributed by atoms with E-state index < -0.39 is 11.9 Å². The summed E-state index contributed by atoms with van der Waals surface area (Å²) < 4.78 is 0. The minimum Gasteiger partial charge on any atom is -0.473 e. The van der Waals surface area contributed by atoms with Crippen LogP contribution in [0.15, 0.2) is 60.7 Å². The molecule has 2 aromatic carbocycles. The summed E-state index contributed by atoms with van der Waals surface area (Å²) in [6.07, 6.45) is 4.48. The first kappa shape index (κ1) is 22.6. The summed E-state index contributed by atoms with van der Waals surface area (Å²) in [4.78, 5) is 23.2. The number of rotatable bonds is 5. The molecule has 1 fully saturated rings. The normalized spacial score (nSPS) is 14.9. The second-order valence-electron chi connectivity index (χ2n) is 6.63. The summed E-state index contributed by atoms with van der Waals surface area (Å²) >= 11 is 5.94. The number of hydrogen-bond acceptors (Lipinski definition) is 4. The van der Waals surface area contributed by atoms with Gasteiger partial charge in [-0.3, -0.25) is 9.80 Å². The van der Waals surface area contributed by atoms with E-state index in [0.29, 0.717) is 0 Å². The average molecular weight is 417 g/mol. The zero-order valence-corrected chi connectivity index (χ0v) is 16.8. The van der Waals surface area contributed by atoms with Crippen LogP contribution >= 0.6 is 11.6 Å². The van der Waals surface area contributed by atoms with Crippen molar-refractivity contribution < 1.29 is 19.8 Å². The summed E-state index contributed by atoms with van der Waals surface area (Å²) in [7, 11) is 0. The SMILES string of the molecule is Clc1ccc(CN2CCN(CC=Cc3ccccc3)CC2)cc1.O=C(O)C(=O)O. The van der Waals surface area contributed by atoms with Crippen LogP contribution in [0.5, 0.6) is 0 Å². The number of nitrogens with zero attached hydrogens (tertiary/aromatic N) is 2. The number of carbonyl (C=O) groups is 2. The smallest absolute Gasteiger partial charge is 0.414 e. The van der Waals surface area contributed by atoms with E-state index in [4.69, 9.17) is 31.4 Å². The number of piperazine rings is 1. The molecular weight excluding hydrogens is 392 g/mol. The molecule has 2 aromatic rings. The number of carboxylic acid groups (broad SMARTS) is 2. The van der Waals surface area contributed by atoms with Gasteiger partial charge in [0.05, 0.1) is 0 Å². The maximum absolute atomic E-state index is 9.10. The Morgan fingerprint density at radius 1 is 0.862 bits per heavy atom. The van der Waals surface area contributed by atoms with E-state index in [0.717, 1.165) is 44.3 Å². The van der Waals surface area contributed by atoms with Gasteiger partial charge < -0.3 is 10.2 Å². The number of halogens is 1. The maximum atomic E-state index is 9.10. The van der Waals surface area contributed by atoms with Gasteiger partial charge in [-0.15, -0.1) is 0 Å². The van der Waals surface area contributed by atoms with Gasteiger partial charge in [-0.05, 0) is 23.3 Å². The Morgan fingerprint density at radius 2 is 1.41 bits per heavy atom. The monoisotopic (exact) mass is 416 g/mol. The van der Waals surface area contributed by atoms with Gasteiger partial charge in [-0.1, -0.05) is 66.2 Å². The van der Waals surface area contributed by atoms with E-state index in [1.807, 2.05) is 12.1 Å². The Kier molecular flexibility index (Phi) is 9.37. The van der Waals surface area contributed by atoms with Crippen LogP contribution in [0.3, 0.4) is 0 Å². The Balaban J connectivity index is 0.000000438. The fourth-order valence-electron chi connectivity index (χ4n) is 2.88. The molecule has 29 heavy (non-hydrogen) atoms. The van der Waals surface area contributed by atoms with Crippen molar-refractivity contribution in [1.82, 2.24) is 9.80 Å². The molecule has 154 valence electrons. The lowest BCUT2D eigenvalue weighted by molar-refractivity contribution is -0.159. The number of carboxylic acids is 2. The highest BCUT2D eigenvalue weighted by Crippen LogP contribution is 2.13. The molecule has 3 rings (SSSR count). The molecule has 2 N–H and O–H groups in total. The number of hydrogen-bond donors (Lipinski definition) is 2. The van der Waals surface area contributed by atoms with E-state index in [2.05, 4.69) is 64.4 Å². The quantitative estimate of drug-likeness (QED) is 0.728. The van der Waals surface area contributed by atoms with Gasteiger partial charge >= 0.3 is 11.9 Å². The van der Waals surface area contributed by atoms with Crippen molar-refractivity contribution >= 4 is 29.6 Å². The second kappa shape index (κ2) is 12.0. The molecule has 1 aliphatic rings. The topological polar surface area (TPSA) is 81.1 Å². The predicted molar refractivity (Wildman–Crippen MR) is 114 cm³/mol. The standard InChI is InChI=1S/C20H23ClN2.C2H2O4/c21-20-10-8-19(9-11-20)17-23-15-13-22(14-16-23)12-4-7-18-5-2-1-3-6-18;3-1(4)2(5)6/h1-11H,12-17H2;(H,3,4)(H,5,6). The van der Waals surface area contributed by atoms with Crippen molar-refractivity contribution in [2.45, 2.75) is 6.54 Å². The molecule has 0 atom stereocenters. The van der Waals surface area contributed by atoms with Crippen molar-refractivity contribution in [3.8, 4) is 0 Å². The third-order valence-electron chi connectivity index (χ3n) is 4.44. The van der Waals surface area contributed by atoms with E-state index >= 15 is 0 Å². The second-order valence-corrected chi connectivity index (χ2v) is 7.06. The van der Waals surface area contributed by atoms with Crippen LogP contribution < -0.4 is 0 Å². The van der Waals surface area contributed by atoms with Crippen LogP contribution in [0.25, 0.3) is 6.08 Å². The summed E-state index contributed by atoms with van der Waals surface area (Å²) in [5.41, 5.74) is 2.61. The first-order chi connectivity index (χ1) is 13.9. The molecule has 0 bridgehead atoms. The van der Waals surface area contributed by atoms with E-state index in [-0.39, 0.29) is 0 Å². The molecule has 1 aliphatic heterocycles. The third-order valence-corrected chi connectivity index (χ3v) is 4.69. The van der Waals surface area contributed by atoms with Crippen molar-refractivity contribution in [1.29, 1.82) is 0 Å². The van der Waals surface area contributed by atoms with Gasteiger partial charge in [-0.25, -0.2) is 9.59 Å². The van der Waals surface area contributed by atoms with Gasteiger partial charge in [0.25, 0.3) is 0 Å². The highest BCUT2D eigenvalue weighted by atomic mass is 35.5. The summed E-state index contributed by atoms with van der Waals surface area (Å²) in [6, 6.07) is 18.7. The van der Waals surface area contributed by atoms with Crippen LogP contribution in [-0.4, -0.2) is 64.7 Å². The maximum Gasteiger partial charge on any atom is 0.414 e. The van der Waals surface area contributed by atoms with E-state index in [9.17, 15) is 0 Å². The van der Waals surface area contributed by atoms with Crippen LogP contribution in [-0.2, 0) is 16.1 Å². The summed E-state index contributed by atoms with van der Waals surface area (Å²) in [6.45, 7) is 6.57. The Labute approximate surface area is 175 Å². The molecular formula is C22H25ClN2O4. The van der Waals surface area contributed by atoms with Gasteiger partial charge in [-0.2, -0.15) is 0 Å². The van der Waals surface area contributed by atoms with Crippen molar-refractivity contribution in [2.75, 3.05) is 32.7 Å². The lowest BCUT2D eigenvalue weighted by Crippen LogP contribution is -2.45. The highest BCUT2D eigenvalue weighted by Gasteiger charge is 2.15. The number of aliphatic carboxylic acids is 2. The molecule has 0 radical (unpaired) electrons. The van der Waals surface area contributed by atoms with Gasteiger partial charge in [0.2, 0.25) is 0 Å². The first-order valence-electron chi connectivity index (χ1n) is 9.31. The van der Waals surface area contributed by atoms with Crippen LogP contribution in [0.1, 0.15) is 11.1 Å². The third kappa shape index (κ3) is 8.91. The Hall–Kier alpha value is -2.67. The van der Waals surface area contributed by atoms with Crippen LogP contribution in [0, 0.1) is 0 Å². The zero-order valence-electron chi connectivity index (χ0n) is 16.1. The molecule has 6 nitrogen and oxygen atoms in total. The molecule has 7 heteroatoms. The fraction of sp³-hybridized carbons (Fsp3) is 0.273. The van der Waals surface area contributed by atoms with Crippen molar-refractivity contribution in [3.63, 3.8) is 0 Å². The fourth-order valence-corrected chi connectivity index (χ4v) is 3.01. The minimum absolute atomic E-state index is 0.809. The minimum atomic E-state index is -1.82. The molecule has 0 saturated carbocycles. The van der Waals surface area contributed by atoms with Crippen LogP contribution in [0.2, 0.25) is 5.02 Å². The zero-order chi connectivity index (χ0) is 21.1. The largest absolute Gasteiger partial charge is 0.473 e. The van der Waals surface area contributed by atoms with Gasteiger partial charge in [0.1, 0.15) is 0 Å². The van der Waals surface area contributed by atoms with Crippen molar-refractivity contribution in [2.24, 2.45) is 0 Å². The summed E-state index contributed by atoms with van der Waals surface area (Å²) in [5.74, 6) is -3.65. The van der Waals surface area contributed by atoms with Gasteiger partial charge in [0.15, 0.2) is 0 Å². The molecule has 0 aromatic heterocycles.